The van der Waals surface area contributed by atoms with E-state index >= 15 is 0 Å². The van der Waals surface area contributed by atoms with Crippen LogP contribution in [0, 0.1) is 23.7 Å². The average molecular weight is 615 g/mol. The predicted molar refractivity (Wildman–Crippen MR) is 161 cm³/mol. The number of imidazole rings is 1. The second kappa shape index (κ2) is 13.0. The third-order valence-corrected chi connectivity index (χ3v) is 9.60. The molecule has 1 aliphatic carbocycles. The lowest BCUT2D eigenvalue weighted by Crippen LogP contribution is -2.54. The largest absolute Gasteiger partial charge is 0.456 e. The number of aliphatic hydroxyl groups excluding tert-OH is 3. The first-order valence-electron chi connectivity index (χ1n) is 15.3. The van der Waals surface area contributed by atoms with Gasteiger partial charge in [0.25, 0.3) is 0 Å². The number of ether oxygens (including phenoxy) is 5. The summed E-state index contributed by atoms with van der Waals surface area (Å²) >= 11 is 0. The number of carbonyl (C=O) groups is 1. The standard InChI is InChI=1S/C33H46N2O9/c1-19(2)23-9-7-20(3)24-14-27(43-28(37)10-8-22-15-35(5)18-34-22)32(4)11-12-33(40-6,44-32)21(13-25(23)24)16-41-31-30(39)29(38)26(36)17-42-31/h7-8,10-13,15,18-19,23-27,29-31,36,38-39H,9,14,16-17H2,1-6H3/b10-8+,21-13-/t23-,24+,25-,26-,27?,29-,30+,31-,32+,33-/m1/s1. The van der Waals surface area contributed by atoms with Gasteiger partial charge in [0.05, 0.1) is 25.2 Å². The fourth-order valence-electron chi connectivity index (χ4n) is 6.86. The molecule has 4 aliphatic rings. The number of aliphatic hydroxyl groups is 3. The number of allylic oxidation sites excluding steroid dienone is 3. The SMILES string of the molecule is CO[C@]12C=C[C@](C)(O1)C(OC(=O)/C=C/c1cn(C)cn1)C[C@H]1C(C)=CC[C@H](C(C)C)[C@H]1/C=C\2CO[C@@H]1OC[C@@H](O)[C@@H](O)[C@@H]1O. The van der Waals surface area contributed by atoms with Crippen LogP contribution in [0.5, 0.6) is 0 Å². The van der Waals surface area contributed by atoms with Crippen LogP contribution >= 0.6 is 0 Å². The molecule has 11 heteroatoms. The number of fused-ring (bicyclic) bond motifs is 3. The van der Waals surface area contributed by atoms with Crippen LogP contribution in [0.25, 0.3) is 6.08 Å². The highest BCUT2D eigenvalue weighted by molar-refractivity contribution is 5.86. The van der Waals surface area contributed by atoms with Crippen LogP contribution in [0.1, 0.15) is 46.2 Å². The van der Waals surface area contributed by atoms with Crippen molar-refractivity contribution >= 4 is 12.0 Å². The molecule has 0 saturated carbocycles. The van der Waals surface area contributed by atoms with E-state index < -0.39 is 48.1 Å². The average Bonchev–Trinajstić information content (AvgIpc) is 3.58. The van der Waals surface area contributed by atoms with Gasteiger partial charge < -0.3 is 43.6 Å². The molecule has 3 aliphatic heterocycles. The number of rotatable bonds is 8. The van der Waals surface area contributed by atoms with E-state index in [9.17, 15) is 20.1 Å². The summed E-state index contributed by atoms with van der Waals surface area (Å²) in [5.41, 5.74) is 1.50. The third kappa shape index (κ3) is 6.50. The van der Waals surface area contributed by atoms with Gasteiger partial charge in [-0.25, -0.2) is 9.78 Å². The molecule has 2 bridgehead atoms. The van der Waals surface area contributed by atoms with Gasteiger partial charge in [-0.3, -0.25) is 0 Å². The molecular formula is C33H46N2O9. The minimum atomic E-state index is -1.43. The lowest BCUT2D eigenvalue weighted by atomic mass is 9.65. The van der Waals surface area contributed by atoms with Crippen molar-refractivity contribution in [3.05, 3.63) is 59.7 Å². The van der Waals surface area contributed by atoms with Gasteiger partial charge in [-0.2, -0.15) is 0 Å². The quantitative estimate of drug-likeness (QED) is 0.227. The van der Waals surface area contributed by atoms with E-state index in [1.165, 1.54) is 11.6 Å². The van der Waals surface area contributed by atoms with Crippen LogP contribution in [0.2, 0.25) is 0 Å². The number of hydrogen-bond donors (Lipinski definition) is 3. The summed E-state index contributed by atoms with van der Waals surface area (Å²) in [6.45, 7) is 8.23. The first-order chi connectivity index (χ1) is 20.9. The Bertz CT molecular complexity index is 1320. The van der Waals surface area contributed by atoms with E-state index in [1.807, 2.05) is 32.3 Å². The van der Waals surface area contributed by atoms with Crippen molar-refractivity contribution in [2.24, 2.45) is 30.7 Å². The summed E-state index contributed by atoms with van der Waals surface area (Å²) in [5, 5.41) is 30.6. The van der Waals surface area contributed by atoms with Crippen LogP contribution in [0.15, 0.2) is 54.1 Å². The van der Waals surface area contributed by atoms with Gasteiger partial charge in [0.15, 0.2) is 6.29 Å². The van der Waals surface area contributed by atoms with Crippen molar-refractivity contribution in [3.8, 4) is 0 Å². The van der Waals surface area contributed by atoms with E-state index in [0.29, 0.717) is 23.6 Å². The van der Waals surface area contributed by atoms with Crippen molar-refractivity contribution < 1.29 is 43.8 Å². The molecule has 0 amide bonds. The maximum Gasteiger partial charge on any atom is 0.331 e. The fourth-order valence-corrected chi connectivity index (χ4v) is 6.86. The van der Waals surface area contributed by atoms with Crippen LogP contribution < -0.4 is 0 Å². The molecule has 0 radical (unpaired) electrons. The number of aromatic nitrogens is 2. The summed E-state index contributed by atoms with van der Waals surface area (Å²) in [5.74, 6) is -1.11. The second-order valence-electron chi connectivity index (χ2n) is 13.0. The third-order valence-electron chi connectivity index (χ3n) is 9.60. The van der Waals surface area contributed by atoms with Gasteiger partial charge >= 0.3 is 5.97 Å². The molecule has 1 unspecified atom stereocenters. The summed E-state index contributed by atoms with van der Waals surface area (Å²) in [7, 11) is 3.41. The summed E-state index contributed by atoms with van der Waals surface area (Å²) < 4.78 is 32.4. The normalized spacial score (nSPS) is 40.1. The minimum Gasteiger partial charge on any atom is -0.456 e. The molecule has 1 saturated heterocycles. The van der Waals surface area contributed by atoms with E-state index in [-0.39, 0.29) is 31.0 Å². The maximum atomic E-state index is 13.2. The van der Waals surface area contributed by atoms with Gasteiger partial charge in [0.2, 0.25) is 5.79 Å². The van der Waals surface area contributed by atoms with E-state index in [4.69, 9.17) is 23.7 Å². The zero-order chi connectivity index (χ0) is 31.8. The molecule has 10 atom stereocenters. The highest BCUT2D eigenvalue weighted by Crippen LogP contribution is 2.49. The van der Waals surface area contributed by atoms with Crippen molar-refractivity contribution in [2.75, 3.05) is 20.3 Å². The zero-order valence-corrected chi connectivity index (χ0v) is 26.3. The smallest absolute Gasteiger partial charge is 0.331 e. The molecule has 242 valence electrons. The molecule has 44 heavy (non-hydrogen) atoms. The second-order valence-corrected chi connectivity index (χ2v) is 13.0. The Morgan fingerprint density at radius 3 is 2.70 bits per heavy atom. The molecule has 0 aromatic carbocycles. The molecule has 0 spiro atoms. The van der Waals surface area contributed by atoms with Crippen LogP contribution in [0.4, 0.5) is 0 Å². The Hall–Kier alpha value is -2.64. The van der Waals surface area contributed by atoms with Crippen LogP contribution in [0.3, 0.4) is 0 Å². The Labute approximate surface area is 258 Å². The van der Waals surface area contributed by atoms with Gasteiger partial charge in [0.1, 0.15) is 30.0 Å². The Morgan fingerprint density at radius 2 is 2.02 bits per heavy atom. The number of hydrogen-bond acceptors (Lipinski definition) is 10. The molecule has 11 nitrogen and oxygen atoms in total. The van der Waals surface area contributed by atoms with E-state index in [2.05, 4.69) is 37.9 Å². The Morgan fingerprint density at radius 1 is 1.25 bits per heavy atom. The fraction of sp³-hybridized carbons (Fsp3) is 0.636. The van der Waals surface area contributed by atoms with Gasteiger partial charge in [-0.1, -0.05) is 31.6 Å². The number of methoxy groups -OCH3 is 1. The van der Waals surface area contributed by atoms with E-state index in [1.54, 1.807) is 24.1 Å². The molecule has 1 aromatic rings. The monoisotopic (exact) mass is 614 g/mol. The van der Waals surface area contributed by atoms with Crippen LogP contribution in [-0.2, 0) is 35.5 Å². The number of esters is 1. The molecule has 4 heterocycles. The lowest BCUT2D eigenvalue weighted by molar-refractivity contribution is -0.272. The predicted octanol–water partition coefficient (Wildman–Crippen LogP) is 2.67. The first-order valence-corrected chi connectivity index (χ1v) is 15.3. The van der Waals surface area contributed by atoms with E-state index in [0.717, 1.165) is 6.42 Å². The van der Waals surface area contributed by atoms with Crippen molar-refractivity contribution in [1.82, 2.24) is 9.55 Å². The topological polar surface area (TPSA) is 142 Å². The lowest BCUT2D eigenvalue weighted by Gasteiger charge is -2.41. The van der Waals surface area contributed by atoms with Crippen molar-refractivity contribution in [3.63, 3.8) is 0 Å². The molecular weight excluding hydrogens is 568 g/mol. The van der Waals surface area contributed by atoms with Crippen molar-refractivity contribution in [1.29, 1.82) is 0 Å². The number of carbonyl (C=O) groups excluding carboxylic acids is 1. The number of nitrogens with zero attached hydrogens (tertiary/aromatic N) is 2. The number of aryl methyl sites for hydroxylation is 1. The summed E-state index contributed by atoms with van der Waals surface area (Å²) in [6, 6.07) is 0. The highest BCUT2D eigenvalue weighted by Gasteiger charge is 2.53. The molecule has 1 fully saturated rings. The Balaban J connectivity index is 1.48. The molecule has 1 aromatic heterocycles. The highest BCUT2D eigenvalue weighted by atomic mass is 16.7. The first kappa shape index (κ1) is 32.7. The zero-order valence-electron chi connectivity index (χ0n) is 26.3. The Kier molecular flexibility index (Phi) is 9.67. The summed E-state index contributed by atoms with van der Waals surface area (Å²) in [4.78, 5) is 17.4. The summed E-state index contributed by atoms with van der Waals surface area (Å²) in [6.07, 6.45) is 10.2. The van der Waals surface area contributed by atoms with Crippen LogP contribution in [-0.4, -0.2) is 93.3 Å². The molecule has 3 N–H and O–H groups in total. The molecule has 5 rings (SSSR count). The van der Waals surface area contributed by atoms with Gasteiger partial charge in [-0.05, 0) is 68.6 Å². The van der Waals surface area contributed by atoms with Gasteiger partial charge in [-0.15, -0.1) is 0 Å². The minimum absolute atomic E-state index is 0.0349. The van der Waals surface area contributed by atoms with Crippen molar-refractivity contribution in [2.45, 2.75) is 82.6 Å². The van der Waals surface area contributed by atoms with Gasteiger partial charge in [0, 0.05) is 32.0 Å². The maximum absolute atomic E-state index is 13.2.